The van der Waals surface area contributed by atoms with Crippen LogP contribution in [0.15, 0.2) is 0 Å². The van der Waals surface area contributed by atoms with Crippen molar-refractivity contribution in [1.82, 2.24) is 5.32 Å². The minimum atomic E-state index is -3.48. The Bertz CT molecular complexity index is 407. The number of sulfone groups is 1. The molecule has 1 saturated carbocycles. The topological polar surface area (TPSA) is 72.5 Å². The fourth-order valence-corrected chi connectivity index (χ4v) is 5.38. The molecule has 0 amide bonds. The van der Waals surface area contributed by atoms with E-state index in [1.54, 1.807) is 0 Å². The largest absolute Gasteiger partial charge is 0.468 e. The average molecular weight is 291 g/mol. The molecule has 112 valence electrons. The van der Waals surface area contributed by atoms with Crippen LogP contribution in [0.4, 0.5) is 0 Å². The van der Waals surface area contributed by atoms with Crippen LogP contribution in [0.5, 0.6) is 0 Å². The molecule has 0 bridgehead atoms. The predicted octanol–water partition coefficient (Wildman–Crippen LogP) is 0.987. The van der Waals surface area contributed by atoms with Gasteiger partial charge in [0.15, 0.2) is 9.84 Å². The molecule has 0 heterocycles. The number of ether oxygens (including phenoxy) is 1. The summed E-state index contributed by atoms with van der Waals surface area (Å²) in [6, 6.07) is -0.0709. The summed E-state index contributed by atoms with van der Waals surface area (Å²) in [5.74, 6) is -0.637. The number of methoxy groups -OCH3 is 1. The monoisotopic (exact) mass is 291 g/mol. The van der Waals surface area contributed by atoms with Crippen molar-refractivity contribution in [2.45, 2.75) is 44.9 Å². The summed E-state index contributed by atoms with van der Waals surface area (Å²) in [7, 11) is -2.26. The first kappa shape index (κ1) is 16.4. The lowest BCUT2D eigenvalue weighted by atomic mass is 9.80. The van der Waals surface area contributed by atoms with Crippen molar-refractivity contribution in [1.29, 1.82) is 0 Å². The van der Waals surface area contributed by atoms with Crippen LogP contribution in [0.2, 0.25) is 0 Å². The molecule has 1 rings (SSSR count). The van der Waals surface area contributed by atoms with Gasteiger partial charge in [0.2, 0.25) is 0 Å². The molecule has 0 aromatic rings. The van der Waals surface area contributed by atoms with E-state index in [1.807, 2.05) is 13.8 Å². The van der Waals surface area contributed by atoms with Crippen molar-refractivity contribution in [3.05, 3.63) is 0 Å². The summed E-state index contributed by atoms with van der Waals surface area (Å²) in [6.07, 6.45) is 1.72. The van der Waals surface area contributed by atoms with Gasteiger partial charge in [0.1, 0.15) is 5.75 Å². The molecule has 1 N–H and O–H groups in total. The molecule has 0 spiro atoms. The highest BCUT2D eigenvalue weighted by atomic mass is 32.2. The van der Waals surface area contributed by atoms with Crippen molar-refractivity contribution in [2.24, 2.45) is 11.8 Å². The SMILES string of the molecule is CCNC1CC(C)CC(C)C1S(=O)(=O)CC(=O)OC. The Morgan fingerprint density at radius 2 is 1.95 bits per heavy atom. The molecule has 0 aromatic carbocycles. The molecule has 0 radical (unpaired) electrons. The fraction of sp³-hybridized carbons (Fsp3) is 0.923. The zero-order valence-electron chi connectivity index (χ0n) is 12.2. The van der Waals surface area contributed by atoms with Gasteiger partial charge in [-0.05, 0) is 31.2 Å². The van der Waals surface area contributed by atoms with E-state index in [1.165, 1.54) is 7.11 Å². The van der Waals surface area contributed by atoms with Gasteiger partial charge in [-0.1, -0.05) is 20.8 Å². The minimum absolute atomic E-state index is 0.0578. The third-order valence-electron chi connectivity index (χ3n) is 3.82. The van der Waals surface area contributed by atoms with E-state index in [9.17, 15) is 13.2 Å². The second-order valence-electron chi connectivity index (χ2n) is 5.57. The van der Waals surface area contributed by atoms with E-state index in [0.717, 1.165) is 19.4 Å². The molecule has 0 aromatic heterocycles. The van der Waals surface area contributed by atoms with Crippen molar-refractivity contribution < 1.29 is 17.9 Å². The summed E-state index contributed by atoms with van der Waals surface area (Å²) in [4.78, 5) is 11.3. The smallest absolute Gasteiger partial charge is 0.320 e. The Morgan fingerprint density at radius 3 is 2.47 bits per heavy atom. The van der Waals surface area contributed by atoms with Gasteiger partial charge in [0, 0.05) is 6.04 Å². The fourth-order valence-electron chi connectivity index (χ4n) is 3.21. The normalized spacial score (nSPS) is 32.0. The molecule has 0 aliphatic heterocycles. The summed E-state index contributed by atoms with van der Waals surface area (Å²) in [5.41, 5.74) is 0. The molecule has 1 fully saturated rings. The maximum atomic E-state index is 12.4. The zero-order chi connectivity index (χ0) is 14.6. The summed E-state index contributed by atoms with van der Waals surface area (Å²) in [5, 5.41) is 2.76. The van der Waals surface area contributed by atoms with E-state index >= 15 is 0 Å². The van der Waals surface area contributed by atoms with Crippen molar-refractivity contribution in [3.63, 3.8) is 0 Å². The third-order valence-corrected chi connectivity index (χ3v) is 6.08. The first-order chi connectivity index (χ1) is 8.81. The number of hydrogen-bond donors (Lipinski definition) is 1. The molecule has 1 aliphatic carbocycles. The summed E-state index contributed by atoms with van der Waals surface area (Å²) >= 11 is 0. The highest BCUT2D eigenvalue weighted by Crippen LogP contribution is 2.33. The molecule has 1 aliphatic rings. The molecule has 6 heteroatoms. The van der Waals surface area contributed by atoms with Gasteiger partial charge in [0.25, 0.3) is 0 Å². The number of carbonyl (C=O) groups excluding carboxylic acids is 1. The Labute approximate surface area is 116 Å². The number of carbonyl (C=O) groups is 1. The molecule has 0 saturated heterocycles. The summed E-state index contributed by atoms with van der Waals surface area (Å²) in [6.45, 7) is 6.80. The maximum absolute atomic E-state index is 12.4. The second-order valence-corrected chi connectivity index (χ2v) is 7.72. The Hall–Kier alpha value is -0.620. The van der Waals surface area contributed by atoms with Gasteiger partial charge in [0.05, 0.1) is 12.4 Å². The van der Waals surface area contributed by atoms with Gasteiger partial charge in [-0.3, -0.25) is 4.79 Å². The van der Waals surface area contributed by atoms with E-state index < -0.39 is 26.8 Å². The van der Waals surface area contributed by atoms with E-state index in [4.69, 9.17) is 0 Å². The van der Waals surface area contributed by atoms with Crippen LogP contribution in [-0.2, 0) is 19.4 Å². The second kappa shape index (κ2) is 6.70. The number of esters is 1. The zero-order valence-corrected chi connectivity index (χ0v) is 13.0. The van der Waals surface area contributed by atoms with Crippen LogP contribution in [0.25, 0.3) is 0 Å². The van der Waals surface area contributed by atoms with Crippen molar-refractivity contribution in [3.8, 4) is 0 Å². The lowest BCUT2D eigenvalue weighted by molar-refractivity contribution is -0.137. The first-order valence-electron chi connectivity index (χ1n) is 6.83. The van der Waals surface area contributed by atoms with Crippen LogP contribution < -0.4 is 5.32 Å². The van der Waals surface area contributed by atoms with Crippen molar-refractivity contribution >= 4 is 15.8 Å². The molecule has 19 heavy (non-hydrogen) atoms. The quantitative estimate of drug-likeness (QED) is 0.765. The number of hydrogen-bond acceptors (Lipinski definition) is 5. The maximum Gasteiger partial charge on any atom is 0.320 e. The van der Waals surface area contributed by atoms with Crippen molar-refractivity contribution in [2.75, 3.05) is 19.4 Å². The van der Waals surface area contributed by atoms with Crippen LogP contribution in [0.1, 0.15) is 33.6 Å². The highest BCUT2D eigenvalue weighted by Gasteiger charge is 2.42. The number of rotatable bonds is 5. The third kappa shape index (κ3) is 4.18. The molecule has 5 nitrogen and oxygen atoms in total. The van der Waals surface area contributed by atoms with Gasteiger partial charge in [-0.15, -0.1) is 0 Å². The highest BCUT2D eigenvalue weighted by molar-refractivity contribution is 7.92. The van der Waals surface area contributed by atoms with Gasteiger partial charge < -0.3 is 10.1 Å². The van der Waals surface area contributed by atoms with Crippen LogP contribution in [-0.4, -0.2) is 45.1 Å². The van der Waals surface area contributed by atoms with Gasteiger partial charge >= 0.3 is 5.97 Å². The van der Waals surface area contributed by atoms with E-state index in [2.05, 4.69) is 17.0 Å². The first-order valence-corrected chi connectivity index (χ1v) is 8.55. The van der Waals surface area contributed by atoms with Crippen LogP contribution >= 0.6 is 0 Å². The summed E-state index contributed by atoms with van der Waals surface area (Å²) < 4.78 is 29.3. The minimum Gasteiger partial charge on any atom is -0.468 e. The Balaban J connectivity index is 2.94. The standard InChI is InChI=1S/C13H25NO4S/c1-5-14-11-7-9(2)6-10(3)13(11)19(16,17)8-12(15)18-4/h9-11,13-14H,5-8H2,1-4H3. The van der Waals surface area contributed by atoms with E-state index in [0.29, 0.717) is 5.92 Å². The average Bonchev–Trinajstić information content (AvgIpc) is 2.27. The molecular formula is C13H25NO4S. The van der Waals surface area contributed by atoms with E-state index in [-0.39, 0.29) is 12.0 Å². The number of nitrogens with one attached hydrogen (secondary N) is 1. The predicted molar refractivity (Wildman–Crippen MR) is 74.6 cm³/mol. The van der Waals surface area contributed by atoms with Gasteiger partial charge in [-0.2, -0.15) is 0 Å². The molecule has 4 unspecified atom stereocenters. The molecule has 4 atom stereocenters. The Morgan fingerprint density at radius 1 is 1.32 bits per heavy atom. The molecular weight excluding hydrogens is 266 g/mol. The van der Waals surface area contributed by atoms with Crippen LogP contribution in [0, 0.1) is 11.8 Å². The lowest BCUT2D eigenvalue weighted by Crippen LogP contribution is -2.52. The Kier molecular flexibility index (Phi) is 5.80. The lowest BCUT2D eigenvalue weighted by Gasteiger charge is -2.39. The van der Waals surface area contributed by atoms with Crippen LogP contribution in [0.3, 0.4) is 0 Å². The van der Waals surface area contributed by atoms with Gasteiger partial charge in [-0.25, -0.2) is 8.42 Å².